The molecule has 0 radical (unpaired) electrons. The van der Waals surface area contributed by atoms with E-state index in [-0.39, 0.29) is 36.0 Å². The Balaban J connectivity index is 1.72. The summed E-state index contributed by atoms with van der Waals surface area (Å²) in [6.07, 6.45) is 2.82. The number of anilines is 2. The summed E-state index contributed by atoms with van der Waals surface area (Å²) in [6, 6.07) is -0.583. The quantitative estimate of drug-likeness (QED) is 0.487. The fourth-order valence-corrected chi connectivity index (χ4v) is 3.56. The van der Waals surface area contributed by atoms with Gasteiger partial charge in [0.2, 0.25) is 17.7 Å². The number of hydrogen-bond donors (Lipinski definition) is 3. The van der Waals surface area contributed by atoms with E-state index in [1.54, 1.807) is 0 Å². The number of nitrogens with one attached hydrogen (secondary N) is 2. The van der Waals surface area contributed by atoms with Gasteiger partial charge in [0.05, 0.1) is 17.6 Å². The minimum Gasteiger partial charge on any atom is -0.378 e. The maximum Gasteiger partial charge on any atom is 0.329 e. The number of nitrogens with zero attached hydrogens (tertiary/aromatic N) is 3. The van der Waals surface area contributed by atoms with Crippen molar-refractivity contribution in [3.05, 3.63) is 16.3 Å². The highest BCUT2D eigenvalue weighted by molar-refractivity contribution is 5.80. The molecular formula is C17H25FN6O4. The molecule has 1 aromatic heterocycles. The number of aromatic nitrogens is 2. The van der Waals surface area contributed by atoms with Crippen LogP contribution in [0.25, 0.3) is 0 Å². The number of carbonyl (C=O) groups excluding carboxylic acids is 1. The van der Waals surface area contributed by atoms with Crippen molar-refractivity contribution in [2.75, 3.05) is 23.8 Å². The summed E-state index contributed by atoms with van der Waals surface area (Å²) >= 11 is 0. The van der Waals surface area contributed by atoms with E-state index in [1.165, 1.54) is 0 Å². The van der Waals surface area contributed by atoms with Crippen LogP contribution in [0.15, 0.2) is 6.20 Å². The second-order valence-corrected chi connectivity index (χ2v) is 7.66. The first-order chi connectivity index (χ1) is 13.3. The van der Waals surface area contributed by atoms with E-state index in [1.807, 2.05) is 6.92 Å². The van der Waals surface area contributed by atoms with Gasteiger partial charge in [0, 0.05) is 18.1 Å². The van der Waals surface area contributed by atoms with Crippen LogP contribution in [0.3, 0.4) is 0 Å². The lowest BCUT2D eigenvalue weighted by molar-refractivity contribution is -0.384. The molecule has 4 N–H and O–H groups in total. The second-order valence-electron chi connectivity index (χ2n) is 7.66. The van der Waals surface area contributed by atoms with E-state index in [4.69, 9.17) is 10.5 Å². The molecule has 10 nitrogen and oxygen atoms in total. The molecule has 1 aliphatic carbocycles. The van der Waals surface area contributed by atoms with Crippen molar-refractivity contribution in [2.45, 2.75) is 57.3 Å². The molecule has 0 bridgehead atoms. The number of nitro groups is 1. The highest BCUT2D eigenvalue weighted by atomic mass is 19.1. The minimum atomic E-state index is -1.20. The molecule has 1 saturated heterocycles. The third-order valence-electron chi connectivity index (χ3n) is 5.59. The number of rotatable bonds is 6. The zero-order chi connectivity index (χ0) is 20.3. The molecule has 2 fully saturated rings. The number of alkyl halides is 1. The Labute approximate surface area is 161 Å². The van der Waals surface area contributed by atoms with Gasteiger partial charge in [0.1, 0.15) is 12.4 Å². The summed E-state index contributed by atoms with van der Waals surface area (Å²) < 4.78 is 19.0. The van der Waals surface area contributed by atoms with E-state index in [0.29, 0.717) is 38.7 Å². The predicted octanol–water partition coefficient (Wildman–Crippen LogP) is 1.77. The van der Waals surface area contributed by atoms with Gasteiger partial charge in [0.15, 0.2) is 0 Å². The molecule has 1 aromatic rings. The van der Waals surface area contributed by atoms with Crippen molar-refractivity contribution >= 4 is 23.4 Å². The van der Waals surface area contributed by atoms with Crippen LogP contribution < -0.4 is 16.4 Å². The molecular weight excluding hydrogens is 371 g/mol. The van der Waals surface area contributed by atoms with E-state index >= 15 is 0 Å². The van der Waals surface area contributed by atoms with Gasteiger partial charge in [-0.05, 0) is 32.1 Å². The minimum absolute atomic E-state index is 0.00351. The molecule has 0 aromatic carbocycles. The predicted molar refractivity (Wildman–Crippen MR) is 99.6 cm³/mol. The molecule has 28 heavy (non-hydrogen) atoms. The summed E-state index contributed by atoms with van der Waals surface area (Å²) in [7, 11) is 0. The molecule has 2 atom stereocenters. The van der Waals surface area contributed by atoms with Gasteiger partial charge < -0.3 is 21.1 Å². The summed E-state index contributed by atoms with van der Waals surface area (Å²) in [6.45, 7) is 2.26. The zero-order valence-corrected chi connectivity index (χ0v) is 15.7. The third kappa shape index (κ3) is 4.46. The Morgan fingerprint density at radius 2 is 2.11 bits per heavy atom. The van der Waals surface area contributed by atoms with Crippen LogP contribution in [0, 0.1) is 15.5 Å². The second kappa shape index (κ2) is 8.21. The van der Waals surface area contributed by atoms with Crippen LogP contribution in [0.5, 0.6) is 0 Å². The van der Waals surface area contributed by atoms with E-state index in [0.717, 1.165) is 6.20 Å². The Morgan fingerprint density at radius 3 is 2.71 bits per heavy atom. The molecule has 1 aliphatic heterocycles. The first kappa shape index (κ1) is 20.2. The van der Waals surface area contributed by atoms with Gasteiger partial charge in [-0.2, -0.15) is 4.98 Å². The Morgan fingerprint density at radius 1 is 1.39 bits per heavy atom. The van der Waals surface area contributed by atoms with Crippen molar-refractivity contribution in [3.8, 4) is 0 Å². The van der Waals surface area contributed by atoms with Crippen LogP contribution in [0.4, 0.5) is 21.8 Å². The highest BCUT2D eigenvalue weighted by Gasteiger charge is 2.36. The number of carbonyl (C=O) groups is 1. The average molecular weight is 396 g/mol. The molecule has 1 saturated carbocycles. The highest BCUT2D eigenvalue weighted by Crippen LogP contribution is 2.37. The summed E-state index contributed by atoms with van der Waals surface area (Å²) in [5.41, 5.74) is 4.66. The molecule has 0 unspecified atom stereocenters. The summed E-state index contributed by atoms with van der Waals surface area (Å²) in [5, 5.41) is 17.3. The van der Waals surface area contributed by atoms with Crippen LogP contribution in [-0.2, 0) is 9.53 Å². The number of amides is 1. The van der Waals surface area contributed by atoms with Crippen LogP contribution in [0.1, 0.15) is 39.0 Å². The van der Waals surface area contributed by atoms with Crippen molar-refractivity contribution in [1.29, 1.82) is 0 Å². The van der Waals surface area contributed by atoms with E-state index in [2.05, 4.69) is 20.6 Å². The SMILES string of the molecule is CC1(C(N)=O)CCC(Nc2nc(N[C@H]3CCOC[C@H]3F)ncc2[N+](=O)[O-])CC1. The third-order valence-corrected chi connectivity index (χ3v) is 5.59. The standard InChI is InChI=1S/C17H25FN6O4/c1-17(15(19)25)5-2-10(3-6-17)21-14-13(24(26)27)8-20-16(23-14)22-12-4-7-28-9-11(12)18/h8,10-12H,2-7,9H2,1H3,(H2,19,25)(H2,20,21,22,23)/t10?,11-,12+,17?/m1/s1. The maximum absolute atomic E-state index is 13.9. The van der Waals surface area contributed by atoms with Gasteiger partial charge in [-0.25, -0.2) is 9.37 Å². The normalized spacial score (nSPS) is 30.4. The molecule has 0 spiro atoms. The molecule has 2 aliphatic rings. The smallest absolute Gasteiger partial charge is 0.329 e. The van der Waals surface area contributed by atoms with Crippen molar-refractivity contribution < 1.29 is 18.8 Å². The van der Waals surface area contributed by atoms with Gasteiger partial charge in [-0.15, -0.1) is 0 Å². The largest absolute Gasteiger partial charge is 0.378 e. The number of halogens is 1. The van der Waals surface area contributed by atoms with E-state index < -0.39 is 22.6 Å². The number of hydrogen-bond acceptors (Lipinski definition) is 8. The molecule has 1 amide bonds. The maximum atomic E-state index is 13.9. The number of primary amides is 1. The van der Waals surface area contributed by atoms with Gasteiger partial charge in [0.25, 0.3) is 0 Å². The van der Waals surface area contributed by atoms with Gasteiger partial charge in [-0.1, -0.05) is 6.92 Å². The van der Waals surface area contributed by atoms with Crippen molar-refractivity contribution in [3.63, 3.8) is 0 Å². The Bertz CT molecular complexity index is 740. The summed E-state index contributed by atoms with van der Waals surface area (Å²) in [5.74, 6) is -0.124. The fourth-order valence-electron chi connectivity index (χ4n) is 3.56. The van der Waals surface area contributed by atoms with Crippen LogP contribution in [0.2, 0.25) is 0 Å². The van der Waals surface area contributed by atoms with Crippen molar-refractivity contribution in [1.82, 2.24) is 9.97 Å². The monoisotopic (exact) mass is 396 g/mol. The van der Waals surface area contributed by atoms with Gasteiger partial charge >= 0.3 is 5.69 Å². The molecule has 3 rings (SSSR count). The lowest BCUT2D eigenvalue weighted by atomic mass is 9.73. The number of ether oxygens (including phenoxy) is 1. The molecule has 154 valence electrons. The lowest BCUT2D eigenvalue weighted by Crippen LogP contribution is -2.41. The first-order valence-electron chi connectivity index (χ1n) is 9.35. The molecule has 11 heteroatoms. The Hall–Kier alpha value is -2.56. The van der Waals surface area contributed by atoms with Gasteiger partial charge in [-0.3, -0.25) is 14.9 Å². The Kier molecular flexibility index (Phi) is 5.92. The van der Waals surface area contributed by atoms with Crippen LogP contribution >= 0.6 is 0 Å². The fraction of sp³-hybridized carbons (Fsp3) is 0.706. The number of nitrogens with two attached hydrogens (primary N) is 1. The van der Waals surface area contributed by atoms with Crippen LogP contribution in [-0.4, -0.2) is 52.3 Å². The first-order valence-corrected chi connectivity index (χ1v) is 9.35. The van der Waals surface area contributed by atoms with Crippen molar-refractivity contribution in [2.24, 2.45) is 11.1 Å². The van der Waals surface area contributed by atoms with E-state index in [9.17, 15) is 19.3 Å². The topological polar surface area (TPSA) is 145 Å². The molecule has 2 heterocycles. The average Bonchev–Trinajstić information content (AvgIpc) is 2.65. The summed E-state index contributed by atoms with van der Waals surface area (Å²) in [4.78, 5) is 30.5. The lowest BCUT2D eigenvalue weighted by Gasteiger charge is -2.35. The zero-order valence-electron chi connectivity index (χ0n) is 15.7.